The van der Waals surface area contributed by atoms with Crippen molar-refractivity contribution in [2.24, 2.45) is 0 Å². The first-order chi connectivity index (χ1) is 5.38. The van der Waals surface area contributed by atoms with Crippen molar-refractivity contribution in [1.82, 2.24) is 0 Å². The zero-order chi connectivity index (χ0) is 8.10. The lowest BCUT2D eigenvalue weighted by Crippen LogP contribution is -1.83. The molecule has 0 saturated carbocycles. The molecule has 0 aromatic heterocycles. The van der Waals surface area contributed by atoms with Gasteiger partial charge in [-0.05, 0) is 5.56 Å². The van der Waals surface area contributed by atoms with Gasteiger partial charge in [-0.25, -0.2) is 0 Å². The average Bonchev–Trinajstić information content (AvgIpc) is 2.09. The molecule has 0 aliphatic rings. The SMILES string of the molecule is O=C/C(=C/O)c1ccccc1. The zero-order valence-electron chi connectivity index (χ0n) is 5.90. The zero-order valence-corrected chi connectivity index (χ0v) is 5.90. The van der Waals surface area contributed by atoms with E-state index in [4.69, 9.17) is 5.11 Å². The van der Waals surface area contributed by atoms with E-state index < -0.39 is 0 Å². The first kappa shape index (κ1) is 7.54. The van der Waals surface area contributed by atoms with Gasteiger partial charge in [0.05, 0.1) is 11.8 Å². The second-order valence-electron chi connectivity index (χ2n) is 2.07. The topological polar surface area (TPSA) is 37.3 Å². The van der Waals surface area contributed by atoms with Gasteiger partial charge >= 0.3 is 0 Å². The molecule has 56 valence electrons. The minimum Gasteiger partial charge on any atom is -0.515 e. The van der Waals surface area contributed by atoms with E-state index >= 15 is 0 Å². The van der Waals surface area contributed by atoms with Crippen LogP contribution < -0.4 is 0 Å². The molecule has 2 heteroatoms. The van der Waals surface area contributed by atoms with Crippen LogP contribution in [0.4, 0.5) is 0 Å². The van der Waals surface area contributed by atoms with Gasteiger partial charge in [-0.1, -0.05) is 30.3 Å². The molecular formula is C9H8O2. The average molecular weight is 148 g/mol. The van der Waals surface area contributed by atoms with Gasteiger partial charge < -0.3 is 5.11 Å². The van der Waals surface area contributed by atoms with Crippen LogP contribution in [0.15, 0.2) is 36.6 Å². The molecule has 0 amide bonds. The largest absolute Gasteiger partial charge is 0.515 e. The number of carbonyl (C=O) groups is 1. The Morgan fingerprint density at radius 3 is 2.36 bits per heavy atom. The first-order valence-corrected chi connectivity index (χ1v) is 3.23. The molecule has 0 radical (unpaired) electrons. The molecule has 0 fully saturated rings. The molecule has 1 N–H and O–H groups in total. The van der Waals surface area contributed by atoms with E-state index in [1.54, 1.807) is 12.1 Å². The third-order valence-electron chi connectivity index (χ3n) is 1.37. The van der Waals surface area contributed by atoms with Crippen LogP contribution in [0.2, 0.25) is 0 Å². The number of carbonyl (C=O) groups excluding carboxylic acids is 1. The number of aldehydes is 1. The van der Waals surface area contributed by atoms with Crippen molar-refractivity contribution in [1.29, 1.82) is 0 Å². The van der Waals surface area contributed by atoms with E-state index in [-0.39, 0.29) is 0 Å². The van der Waals surface area contributed by atoms with E-state index in [1.807, 2.05) is 18.2 Å². The molecule has 0 bridgehead atoms. The summed E-state index contributed by atoms with van der Waals surface area (Å²) in [5.41, 5.74) is 1.02. The Kier molecular flexibility index (Phi) is 2.44. The van der Waals surface area contributed by atoms with Crippen molar-refractivity contribution in [2.45, 2.75) is 0 Å². The molecule has 2 nitrogen and oxygen atoms in total. The van der Waals surface area contributed by atoms with Crippen LogP contribution in [0.1, 0.15) is 5.56 Å². The molecule has 11 heavy (non-hydrogen) atoms. The normalized spacial score (nSPS) is 11.1. The summed E-state index contributed by atoms with van der Waals surface area (Å²) < 4.78 is 0. The fraction of sp³-hybridized carbons (Fsp3) is 0. The summed E-state index contributed by atoms with van der Waals surface area (Å²) in [6, 6.07) is 8.99. The maximum atomic E-state index is 10.3. The minimum atomic E-state index is 0.297. The van der Waals surface area contributed by atoms with Crippen LogP contribution in [0.3, 0.4) is 0 Å². The molecule has 1 aromatic rings. The number of hydrogen-bond donors (Lipinski definition) is 1. The van der Waals surface area contributed by atoms with Crippen LogP contribution in [-0.4, -0.2) is 11.4 Å². The van der Waals surface area contributed by atoms with Crippen molar-refractivity contribution >= 4 is 11.9 Å². The Bertz CT molecular complexity index is 262. The number of aliphatic hydroxyl groups excluding tert-OH is 1. The van der Waals surface area contributed by atoms with Crippen molar-refractivity contribution in [3.8, 4) is 0 Å². The highest BCUT2D eigenvalue weighted by atomic mass is 16.2. The van der Waals surface area contributed by atoms with Gasteiger partial charge in [-0.15, -0.1) is 0 Å². The van der Waals surface area contributed by atoms with Crippen molar-refractivity contribution in [2.75, 3.05) is 0 Å². The quantitative estimate of drug-likeness (QED) is 0.394. The minimum absolute atomic E-state index is 0.297. The van der Waals surface area contributed by atoms with Gasteiger partial charge in [0.2, 0.25) is 0 Å². The smallest absolute Gasteiger partial charge is 0.153 e. The summed E-state index contributed by atoms with van der Waals surface area (Å²) in [5.74, 6) is 0. The predicted octanol–water partition coefficient (Wildman–Crippen LogP) is 1.78. The number of aliphatic hydroxyl groups is 1. The van der Waals surface area contributed by atoms with Gasteiger partial charge in [0.25, 0.3) is 0 Å². The third-order valence-corrected chi connectivity index (χ3v) is 1.37. The summed E-state index contributed by atoms with van der Waals surface area (Å²) in [4.78, 5) is 10.3. The summed E-state index contributed by atoms with van der Waals surface area (Å²) in [5, 5.41) is 8.59. The number of rotatable bonds is 2. The van der Waals surface area contributed by atoms with Crippen molar-refractivity contribution < 1.29 is 9.90 Å². The molecular weight excluding hydrogens is 140 g/mol. The monoisotopic (exact) mass is 148 g/mol. The molecule has 0 atom stereocenters. The number of allylic oxidation sites excluding steroid dienone is 1. The van der Waals surface area contributed by atoms with Gasteiger partial charge in [0.15, 0.2) is 6.29 Å². The van der Waals surface area contributed by atoms with E-state index in [0.29, 0.717) is 11.9 Å². The third kappa shape index (κ3) is 1.67. The van der Waals surface area contributed by atoms with E-state index in [2.05, 4.69) is 0 Å². The Balaban J connectivity index is 3.01. The van der Waals surface area contributed by atoms with Gasteiger partial charge in [-0.2, -0.15) is 0 Å². The number of hydrogen-bond acceptors (Lipinski definition) is 2. The van der Waals surface area contributed by atoms with Crippen LogP contribution >= 0.6 is 0 Å². The lowest BCUT2D eigenvalue weighted by molar-refractivity contribution is -0.103. The van der Waals surface area contributed by atoms with E-state index in [9.17, 15) is 4.79 Å². The summed E-state index contributed by atoms with van der Waals surface area (Å²) in [7, 11) is 0. The second-order valence-corrected chi connectivity index (χ2v) is 2.07. The second kappa shape index (κ2) is 3.56. The Labute approximate surface area is 64.8 Å². The standard InChI is InChI=1S/C9H8O2/c10-6-9(7-11)8-4-2-1-3-5-8/h1-7,10H/b9-6-. The summed E-state index contributed by atoms with van der Waals surface area (Å²) in [6.07, 6.45) is 1.43. The van der Waals surface area contributed by atoms with Crippen molar-refractivity contribution in [3.05, 3.63) is 42.2 Å². The lowest BCUT2D eigenvalue weighted by Gasteiger charge is -1.95. The molecule has 0 unspecified atom stereocenters. The van der Waals surface area contributed by atoms with Gasteiger partial charge in [0, 0.05) is 0 Å². The molecule has 1 aromatic carbocycles. The molecule has 1 rings (SSSR count). The molecule has 0 aliphatic heterocycles. The van der Waals surface area contributed by atoms with Crippen LogP contribution in [0.25, 0.3) is 5.57 Å². The fourth-order valence-electron chi connectivity index (χ4n) is 0.804. The van der Waals surface area contributed by atoms with Crippen molar-refractivity contribution in [3.63, 3.8) is 0 Å². The van der Waals surface area contributed by atoms with Crippen LogP contribution in [-0.2, 0) is 4.79 Å². The Morgan fingerprint density at radius 2 is 1.91 bits per heavy atom. The first-order valence-electron chi connectivity index (χ1n) is 3.23. The highest BCUT2D eigenvalue weighted by molar-refractivity contribution is 6.06. The maximum absolute atomic E-state index is 10.3. The molecule has 0 heterocycles. The fourth-order valence-corrected chi connectivity index (χ4v) is 0.804. The van der Waals surface area contributed by atoms with Crippen LogP contribution in [0.5, 0.6) is 0 Å². The molecule has 0 saturated heterocycles. The summed E-state index contributed by atoms with van der Waals surface area (Å²) >= 11 is 0. The van der Waals surface area contributed by atoms with E-state index in [0.717, 1.165) is 11.8 Å². The van der Waals surface area contributed by atoms with E-state index in [1.165, 1.54) is 0 Å². The van der Waals surface area contributed by atoms with Gasteiger partial charge in [0.1, 0.15) is 0 Å². The predicted molar refractivity (Wildman–Crippen MR) is 43.1 cm³/mol. The lowest BCUT2D eigenvalue weighted by atomic mass is 10.1. The van der Waals surface area contributed by atoms with Gasteiger partial charge in [-0.3, -0.25) is 4.79 Å². The molecule has 0 aliphatic carbocycles. The van der Waals surface area contributed by atoms with Crippen LogP contribution in [0, 0.1) is 0 Å². The Hall–Kier alpha value is -1.57. The highest BCUT2D eigenvalue weighted by Crippen LogP contribution is 2.09. The molecule has 0 spiro atoms. The number of benzene rings is 1. The Morgan fingerprint density at radius 1 is 1.27 bits per heavy atom. The highest BCUT2D eigenvalue weighted by Gasteiger charge is 1.96. The maximum Gasteiger partial charge on any atom is 0.153 e. The summed E-state index contributed by atoms with van der Waals surface area (Å²) in [6.45, 7) is 0.